The van der Waals surface area contributed by atoms with Gasteiger partial charge in [0.05, 0.1) is 18.7 Å². The van der Waals surface area contributed by atoms with E-state index >= 15 is 0 Å². The van der Waals surface area contributed by atoms with Gasteiger partial charge >= 0.3 is 0 Å². The van der Waals surface area contributed by atoms with Crippen molar-refractivity contribution in [2.24, 2.45) is 0 Å². The minimum Gasteiger partial charge on any atom is -0.480 e. The summed E-state index contributed by atoms with van der Waals surface area (Å²) in [7, 11) is 1.49. The molecule has 0 saturated carbocycles. The predicted molar refractivity (Wildman–Crippen MR) is 72.1 cm³/mol. The Hall–Kier alpha value is -2.32. The maximum Gasteiger partial charge on any atom is 0.237 e. The molecular formula is C13H11ClN4O. The first kappa shape index (κ1) is 13.1. The molecular weight excluding hydrogens is 264 g/mol. The van der Waals surface area contributed by atoms with Crippen molar-refractivity contribution in [2.75, 3.05) is 12.4 Å². The van der Waals surface area contributed by atoms with Gasteiger partial charge in [-0.2, -0.15) is 5.26 Å². The van der Waals surface area contributed by atoms with Crippen LogP contribution in [-0.2, 0) is 6.54 Å². The molecule has 1 aromatic carbocycles. The summed E-state index contributed by atoms with van der Waals surface area (Å²) in [4.78, 5) is 7.94. The third kappa shape index (κ3) is 3.12. The smallest absolute Gasteiger partial charge is 0.237 e. The SMILES string of the molecule is COc1ncnc(NCc2cccc(C#N)c2)c1Cl. The second-order valence-corrected chi connectivity index (χ2v) is 4.09. The van der Waals surface area contributed by atoms with E-state index in [2.05, 4.69) is 21.4 Å². The van der Waals surface area contributed by atoms with E-state index in [4.69, 9.17) is 21.6 Å². The minimum absolute atomic E-state index is 0.324. The van der Waals surface area contributed by atoms with E-state index in [0.29, 0.717) is 28.8 Å². The standard InChI is InChI=1S/C13H11ClN4O/c1-19-13-11(14)12(17-8-18-13)16-7-10-4-2-3-9(5-10)6-15/h2-5,8H,7H2,1H3,(H,16,17,18). The Morgan fingerprint density at radius 1 is 1.42 bits per heavy atom. The van der Waals surface area contributed by atoms with Crippen molar-refractivity contribution in [2.45, 2.75) is 6.54 Å². The largest absolute Gasteiger partial charge is 0.480 e. The molecule has 1 N–H and O–H groups in total. The lowest BCUT2D eigenvalue weighted by molar-refractivity contribution is 0.397. The molecule has 2 rings (SSSR count). The van der Waals surface area contributed by atoms with E-state index < -0.39 is 0 Å². The van der Waals surface area contributed by atoms with Crippen LogP contribution in [0.3, 0.4) is 0 Å². The Labute approximate surface area is 115 Å². The van der Waals surface area contributed by atoms with Gasteiger partial charge in [-0.05, 0) is 17.7 Å². The number of benzene rings is 1. The molecule has 0 atom stereocenters. The molecule has 0 fully saturated rings. The van der Waals surface area contributed by atoms with Crippen molar-refractivity contribution in [3.63, 3.8) is 0 Å². The second kappa shape index (κ2) is 6.03. The van der Waals surface area contributed by atoms with Crippen LogP contribution in [0.1, 0.15) is 11.1 Å². The molecule has 0 aliphatic rings. The van der Waals surface area contributed by atoms with Crippen molar-refractivity contribution in [3.8, 4) is 11.9 Å². The van der Waals surface area contributed by atoms with Crippen LogP contribution in [0.25, 0.3) is 0 Å². The number of halogens is 1. The zero-order valence-corrected chi connectivity index (χ0v) is 11.0. The maximum absolute atomic E-state index is 8.83. The molecule has 0 aliphatic carbocycles. The number of nitrogens with one attached hydrogen (secondary N) is 1. The van der Waals surface area contributed by atoms with Crippen LogP contribution >= 0.6 is 11.6 Å². The quantitative estimate of drug-likeness (QED) is 0.928. The lowest BCUT2D eigenvalue weighted by atomic mass is 10.1. The van der Waals surface area contributed by atoms with Crippen molar-refractivity contribution in [3.05, 3.63) is 46.7 Å². The van der Waals surface area contributed by atoms with Gasteiger partial charge in [0.15, 0.2) is 5.82 Å². The molecule has 0 unspecified atom stereocenters. The van der Waals surface area contributed by atoms with E-state index in [-0.39, 0.29) is 0 Å². The number of rotatable bonds is 4. The molecule has 19 heavy (non-hydrogen) atoms. The Balaban J connectivity index is 2.12. The highest BCUT2D eigenvalue weighted by Crippen LogP contribution is 2.27. The molecule has 0 amide bonds. The van der Waals surface area contributed by atoms with E-state index in [1.807, 2.05) is 12.1 Å². The number of hydrogen-bond donors (Lipinski definition) is 1. The van der Waals surface area contributed by atoms with Gasteiger partial charge in [-0.1, -0.05) is 23.7 Å². The molecule has 1 aromatic heterocycles. The van der Waals surface area contributed by atoms with Crippen LogP contribution in [0.2, 0.25) is 5.02 Å². The average Bonchev–Trinajstić information content (AvgIpc) is 2.46. The molecule has 5 nitrogen and oxygen atoms in total. The number of anilines is 1. The summed E-state index contributed by atoms with van der Waals surface area (Å²) in [6.45, 7) is 0.509. The summed E-state index contributed by atoms with van der Waals surface area (Å²) in [5, 5.41) is 12.2. The number of ether oxygens (including phenoxy) is 1. The highest BCUT2D eigenvalue weighted by atomic mass is 35.5. The highest BCUT2D eigenvalue weighted by Gasteiger charge is 2.08. The van der Waals surface area contributed by atoms with E-state index in [0.717, 1.165) is 5.56 Å². The molecule has 96 valence electrons. The second-order valence-electron chi connectivity index (χ2n) is 3.71. The monoisotopic (exact) mass is 274 g/mol. The van der Waals surface area contributed by atoms with Gasteiger partial charge in [-0.15, -0.1) is 0 Å². The Bertz CT molecular complexity index is 624. The Morgan fingerprint density at radius 3 is 3.00 bits per heavy atom. The van der Waals surface area contributed by atoms with Gasteiger partial charge in [-0.25, -0.2) is 9.97 Å². The van der Waals surface area contributed by atoms with Crippen LogP contribution in [0.4, 0.5) is 5.82 Å². The van der Waals surface area contributed by atoms with Gasteiger partial charge in [0.1, 0.15) is 11.3 Å². The van der Waals surface area contributed by atoms with Gasteiger partial charge < -0.3 is 10.1 Å². The van der Waals surface area contributed by atoms with E-state index in [9.17, 15) is 0 Å². The van der Waals surface area contributed by atoms with Crippen molar-refractivity contribution >= 4 is 17.4 Å². The number of aromatic nitrogens is 2. The molecule has 0 radical (unpaired) electrons. The summed E-state index contributed by atoms with van der Waals surface area (Å²) >= 11 is 6.07. The first-order valence-electron chi connectivity index (χ1n) is 5.52. The van der Waals surface area contributed by atoms with Gasteiger partial charge in [0.25, 0.3) is 0 Å². The summed E-state index contributed by atoms with van der Waals surface area (Å²) in [6.07, 6.45) is 1.37. The number of methoxy groups -OCH3 is 1. The highest BCUT2D eigenvalue weighted by molar-refractivity contribution is 6.34. The molecule has 0 aliphatic heterocycles. The first-order valence-corrected chi connectivity index (χ1v) is 5.90. The van der Waals surface area contributed by atoms with Crippen molar-refractivity contribution in [1.82, 2.24) is 9.97 Å². The fourth-order valence-electron chi connectivity index (χ4n) is 1.56. The van der Waals surface area contributed by atoms with Gasteiger partial charge in [0.2, 0.25) is 5.88 Å². The third-order valence-electron chi connectivity index (χ3n) is 2.47. The lowest BCUT2D eigenvalue weighted by Crippen LogP contribution is -2.03. The molecule has 0 saturated heterocycles. The normalized spacial score (nSPS) is 9.74. The summed E-state index contributed by atoms with van der Waals surface area (Å²) in [5.41, 5.74) is 1.58. The molecule has 1 heterocycles. The number of hydrogen-bond acceptors (Lipinski definition) is 5. The predicted octanol–water partition coefficient (Wildman–Crippen LogP) is 2.62. The maximum atomic E-state index is 8.83. The summed E-state index contributed by atoms with van der Waals surface area (Å²) in [5.74, 6) is 0.820. The number of nitrogens with zero attached hydrogens (tertiary/aromatic N) is 3. The third-order valence-corrected chi connectivity index (χ3v) is 2.81. The van der Waals surface area contributed by atoms with Gasteiger partial charge in [0, 0.05) is 6.54 Å². The Kier molecular flexibility index (Phi) is 4.16. The van der Waals surface area contributed by atoms with Crippen LogP contribution in [0.5, 0.6) is 5.88 Å². The van der Waals surface area contributed by atoms with Crippen molar-refractivity contribution < 1.29 is 4.74 Å². The zero-order valence-electron chi connectivity index (χ0n) is 10.2. The van der Waals surface area contributed by atoms with Crippen LogP contribution in [-0.4, -0.2) is 17.1 Å². The topological polar surface area (TPSA) is 70.8 Å². The molecule has 0 spiro atoms. The lowest BCUT2D eigenvalue weighted by Gasteiger charge is -2.09. The average molecular weight is 275 g/mol. The summed E-state index contributed by atoms with van der Waals surface area (Å²) in [6, 6.07) is 9.40. The Morgan fingerprint density at radius 2 is 2.26 bits per heavy atom. The minimum atomic E-state index is 0.324. The van der Waals surface area contributed by atoms with Gasteiger partial charge in [-0.3, -0.25) is 0 Å². The molecule has 0 bridgehead atoms. The zero-order chi connectivity index (χ0) is 13.7. The van der Waals surface area contributed by atoms with E-state index in [1.54, 1.807) is 12.1 Å². The summed E-state index contributed by atoms with van der Waals surface area (Å²) < 4.78 is 5.01. The molecule has 6 heteroatoms. The fourth-order valence-corrected chi connectivity index (χ4v) is 1.80. The van der Waals surface area contributed by atoms with Crippen molar-refractivity contribution in [1.29, 1.82) is 5.26 Å². The van der Waals surface area contributed by atoms with Crippen LogP contribution in [0.15, 0.2) is 30.6 Å². The fraction of sp³-hybridized carbons (Fsp3) is 0.154. The van der Waals surface area contributed by atoms with Crippen LogP contribution < -0.4 is 10.1 Å². The number of nitriles is 1. The van der Waals surface area contributed by atoms with Crippen LogP contribution in [0, 0.1) is 11.3 Å². The molecule has 2 aromatic rings. The van der Waals surface area contributed by atoms with E-state index in [1.165, 1.54) is 13.4 Å². The first-order chi connectivity index (χ1) is 9.24.